The van der Waals surface area contributed by atoms with Gasteiger partial charge in [0, 0.05) is 12.6 Å². The topological polar surface area (TPSA) is 12.0 Å². The summed E-state index contributed by atoms with van der Waals surface area (Å²) in [4.78, 5) is 0. The molecule has 1 N–H and O–H groups in total. The average molecular weight is 209 g/mol. The van der Waals surface area contributed by atoms with Crippen molar-refractivity contribution in [2.24, 2.45) is 23.2 Å². The van der Waals surface area contributed by atoms with E-state index in [-0.39, 0.29) is 0 Å². The molecule has 0 amide bonds. The molecular weight excluding hydrogens is 182 g/mol. The van der Waals surface area contributed by atoms with Crippen LogP contribution in [-0.2, 0) is 0 Å². The van der Waals surface area contributed by atoms with E-state index in [1.807, 2.05) is 0 Å². The molecule has 2 bridgehead atoms. The molecule has 0 heterocycles. The molecule has 3 atom stereocenters. The van der Waals surface area contributed by atoms with Gasteiger partial charge in [0.15, 0.2) is 0 Å². The van der Waals surface area contributed by atoms with Crippen LogP contribution in [0, 0.1) is 23.2 Å². The lowest BCUT2D eigenvalue weighted by molar-refractivity contribution is 0.213. The van der Waals surface area contributed by atoms with Crippen molar-refractivity contribution in [2.45, 2.75) is 59.4 Å². The quantitative estimate of drug-likeness (QED) is 0.748. The zero-order chi connectivity index (χ0) is 11.1. The van der Waals surface area contributed by atoms with Gasteiger partial charge in [0.1, 0.15) is 0 Å². The molecule has 2 aliphatic rings. The average Bonchev–Trinajstić information content (AvgIpc) is 2.75. The van der Waals surface area contributed by atoms with Gasteiger partial charge in [-0.05, 0) is 42.4 Å². The van der Waals surface area contributed by atoms with E-state index in [0.717, 1.165) is 23.8 Å². The Morgan fingerprint density at radius 2 is 1.93 bits per heavy atom. The van der Waals surface area contributed by atoms with Crippen LogP contribution in [0.2, 0.25) is 0 Å². The smallest absolute Gasteiger partial charge is 0.00982 e. The van der Waals surface area contributed by atoms with E-state index in [1.165, 1.54) is 32.2 Å². The highest BCUT2D eigenvalue weighted by Gasteiger charge is 2.39. The van der Waals surface area contributed by atoms with E-state index < -0.39 is 0 Å². The van der Waals surface area contributed by atoms with Crippen molar-refractivity contribution in [1.29, 1.82) is 0 Å². The molecule has 3 unspecified atom stereocenters. The molecule has 0 saturated heterocycles. The minimum absolute atomic E-state index is 0.446. The third-order valence-corrected chi connectivity index (χ3v) is 5.12. The molecule has 88 valence electrons. The Labute approximate surface area is 95.0 Å². The monoisotopic (exact) mass is 209 g/mol. The van der Waals surface area contributed by atoms with Gasteiger partial charge in [0.25, 0.3) is 0 Å². The van der Waals surface area contributed by atoms with Crippen molar-refractivity contribution in [1.82, 2.24) is 5.32 Å². The zero-order valence-electron chi connectivity index (χ0n) is 10.8. The minimum Gasteiger partial charge on any atom is -0.313 e. The van der Waals surface area contributed by atoms with E-state index in [2.05, 4.69) is 33.0 Å². The second-order valence-corrected chi connectivity index (χ2v) is 6.81. The third-order valence-electron chi connectivity index (χ3n) is 5.12. The maximum absolute atomic E-state index is 3.83. The van der Waals surface area contributed by atoms with Gasteiger partial charge in [-0.2, -0.15) is 0 Å². The summed E-state index contributed by atoms with van der Waals surface area (Å²) in [5, 5.41) is 3.83. The SMILES string of the molecule is CC(C)C(C)(C)CNC1CC2CCC1C2. The summed E-state index contributed by atoms with van der Waals surface area (Å²) < 4.78 is 0. The highest BCUT2D eigenvalue weighted by Crippen LogP contribution is 2.44. The van der Waals surface area contributed by atoms with Crippen LogP contribution in [0.3, 0.4) is 0 Å². The van der Waals surface area contributed by atoms with E-state index in [4.69, 9.17) is 0 Å². The second kappa shape index (κ2) is 4.08. The van der Waals surface area contributed by atoms with E-state index in [0.29, 0.717) is 5.41 Å². The lowest BCUT2D eigenvalue weighted by Crippen LogP contribution is -2.41. The molecule has 1 heteroatoms. The van der Waals surface area contributed by atoms with Crippen molar-refractivity contribution in [3.63, 3.8) is 0 Å². The van der Waals surface area contributed by atoms with Crippen LogP contribution >= 0.6 is 0 Å². The van der Waals surface area contributed by atoms with E-state index in [1.54, 1.807) is 0 Å². The first-order valence-corrected chi connectivity index (χ1v) is 6.72. The Kier molecular flexibility index (Phi) is 3.12. The second-order valence-electron chi connectivity index (χ2n) is 6.81. The highest BCUT2D eigenvalue weighted by molar-refractivity contribution is 4.94. The van der Waals surface area contributed by atoms with Crippen LogP contribution in [0.15, 0.2) is 0 Å². The van der Waals surface area contributed by atoms with E-state index >= 15 is 0 Å². The summed E-state index contributed by atoms with van der Waals surface area (Å²) in [6, 6.07) is 0.849. The predicted molar refractivity (Wildman–Crippen MR) is 65.9 cm³/mol. The summed E-state index contributed by atoms with van der Waals surface area (Å²) in [6.45, 7) is 10.6. The van der Waals surface area contributed by atoms with Crippen molar-refractivity contribution in [3.05, 3.63) is 0 Å². The third kappa shape index (κ3) is 2.38. The Balaban J connectivity index is 1.79. The summed E-state index contributed by atoms with van der Waals surface area (Å²) in [7, 11) is 0. The Bertz CT molecular complexity index is 219. The summed E-state index contributed by atoms with van der Waals surface area (Å²) >= 11 is 0. The van der Waals surface area contributed by atoms with Gasteiger partial charge in [-0.3, -0.25) is 0 Å². The number of nitrogens with one attached hydrogen (secondary N) is 1. The van der Waals surface area contributed by atoms with Gasteiger partial charge in [-0.25, -0.2) is 0 Å². The fourth-order valence-corrected chi connectivity index (χ4v) is 3.09. The first kappa shape index (κ1) is 11.4. The van der Waals surface area contributed by atoms with Crippen LogP contribution in [0.4, 0.5) is 0 Å². The Hall–Kier alpha value is -0.0400. The maximum atomic E-state index is 3.83. The zero-order valence-corrected chi connectivity index (χ0v) is 10.8. The predicted octanol–water partition coefficient (Wildman–Crippen LogP) is 3.45. The van der Waals surface area contributed by atoms with Gasteiger partial charge in [-0.15, -0.1) is 0 Å². The van der Waals surface area contributed by atoms with Crippen LogP contribution in [0.25, 0.3) is 0 Å². The van der Waals surface area contributed by atoms with Crippen molar-refractivity contribution >= 4 is 0 Å². The molecule has 0 aromatic carbocycles. The molecule has 0 aliphatic heterocycles. The standard InChI is InChI=1S/C14H27N/c1-10(2)14(3,4)9-15-13-8-11-5-6-12(13)7-11/h10-13,15H,5-9H2,1-4H3. The Morgan fingerprint density at radius 1 is 1.20 bits per heavy atom. The molecule has 2 fully saturated rings. The minimum atomic E-state index is 0.446. The molecule has 0 aromatic rings. The van der Waals surface area contributed by atoms with Crippen LogP contribution in [0.5, 0.6) is 0 Å². The molecule has 2 saturated carbocycles. The first-order chi connectivity index (χ1) is 6.99. The lowest BCUT2D eigenvalue weighted by atomic mass is 9.80. The molecule has 1 nitrogen and oxygen atoms in total. The highest BCUT2D eigenvalue weighted by atomic mass is 14.9. The normalized spacial score (nSPS) is 35.4. The fraction of sp³-hybridized carbons (Fsp3) is 1.00. The van der Waals surface area contributed by atoms with Gasteiger partial charge in [0.05, 0.1) is 0 Å². The molecule has 0 aromatic heterocycles. The Morgan fingerprint density at radius 3 is 2.40 bits per heavy atom. The van der Waals surface area contributed by atoms with E-state index in [9.17, 15) is 0 Å². The van der Waals surface area contributed by atoms with Crippen LogP contribution < -0.4 is 5.32 Å². The summed E-state index contributed by atoms with van der Waals surface area (Å²) in [6.07, 6.45) is 5.97. The largest absolute Gasteiger partial charge is 0.313 e. The lowest BCUT2D eigenvalue weighted by Gasteiger charge is -2.33. The summed E-state index contributed by atoms with van der Waals surface area (Å²) in [5.74, 6) is 2.84. The number of fused-ring (bicyclic) bond motifs is 2. The number of hydrogen-bond donors (Lipinski definition) is 1. The van der Waals surface area contributed by atoms with Crippen molar-refractivity contribution in [3.8, 4) is 0 Å². The molecule has 2 aliphatic carbocycles. The van der Waals surface area contributed by atoms with Gasteiger partial charge in [-0.1, -0.05) is 34.1 Å². The number of rotatable bonds is 4. The first-order valence-electron chi connectivity index (χ1n) is 6.72. The molecular formula is C14H27N. The van der Waals surface area contributed by atoms with Crippen LogP contribution in [0.1, 0.15) is 53.4 Å². The summed E-state index contributed by atoms with van der Waals surface area (Å²) in [5.41, 5.74) is 0.446. The van der Waals surface area contributed by atoms with Crippen molar-refractivity contribution in [2.75, 3.05) is 6.54 Å². The van der Waals surface area contributed by atoms with Crippen molar-refractivity contribution < 1.29 is 0 Å². The molecule has 0 spiro atoms. The number of hydrogen-bond acceptors (Lipinski definition) is 1. The van der Waals surface area contributed by atoms with Gasteiger partial charge < -0.3 is 5.32 Å². The molecule has 0 radical (unpaired) electrons. The van der Waals surface area contributed by atoms with Crippen LogP contribution in [-0.4, -0.2) is 12.6 Å². The maximum Gasteiger partial charge on any atom is 0.00982 e. The fourth-order valence-electron chi connectivity index (χ4n) is 3.09. The van der Waals surface area contributed by atoms with Gasteiger partial charge >= 0.3 is 0 Å². The molecule has 2 rings (SSSR count). The molecule has 15 heavy (non-hydrogen) atoms. The van der Waals surface area contributed by atoms with Gasteiger partial charge in [0.2, 0.25) is 0 Å².